The summed E-state index contributed by atoms with van der Waals surface area (Å²) in [5, 5.41) is 0.693. The minimum atomic E-state index is -0.661. The normalized spacial score (nSPS) is 11.2. The van der Waals surface area contributed by atoms with E-state index in [9.17, 15) is 14.4 Å². The van der Waals surface area contributed by atoms with Gasteiger partial charge in [0.25, 0.3) is 11.5 Å². The van der Waals surface area contributed by atoms with Crippen molar-refractivity contribution in [2.75, 3.05) is 17.2 Å². The van der Waals surface area contributed by atoms with Crippen LogP contribution in [-0.4, -0.2) is 27.0 Å². The van der Waals surface area contributed by atoms with Crippen LogP contribution >= 0.6 is 0 Å². The number of nitrogens with two attached hydrogens (primary N) is 1. The second-order valence-electron chi connectivity index (χ2n) is 8.01. The Morgan fingerprint density at radius 2 is 2.00 bits per heavy atom. The summed E-state index contributed by atoms with van der Waals surface area (Å²) < 4.78 is 1.33. The van der Waals surface area contributed by atoms with Crippen LogP contribution in [0.4, 0.5) is 11.5 Å². The van der Waals surface area contributed by atoms with E-state index < -0.39 is 11.2 Å². The molecule has 0 unspecified atom stereocenters. The van der Waals surface area contributed by atoms with Gasteiger partial charge in [0, 0.05) is 30.2 Å². The fraction of sp³-hybridized carbons (Fsp3) is 0.391. The molecule has 2 aromatic heterocycles. The molecule has 0 aliphatic carbocycles. The molecule has 0 aliphatic rings. The highest BCUT2D eigenvalue weighted by atomic mass is 16.2. The van der Waals surface area contributed by atoms with E-state index in [-0.39, 0.29) is 17.4 Å². The summed E-state index contributed by atoms with van der Waals surface area (Å²) in [5.41, 5.74) is 6.21. The minimum Gasteiger partial charge on any atom is -0.383 e. The monoisotopic (exact) mass is 423 g/mol. The predicted octanol–water partition coefficient (Wildman–Crippen LogP) is 3.16. The van der Waals surface area contributed by atoms with Crippen LogP contribution in [0.2, 0.25) is 0 Å². The zero-order valence-electron chi connectivity index (χ0n) is 18.2. The number of anilines is 2. The van der Waals surface area contributed by atoms with Gasteiger partial charge >= 0.3 is 5.69 Å². The maximum atomic E-state index is 13.7. The molecule has 0 atom stereocenters. The zero-order chi connectivity index (χ0) is 22.5. The van der Waals surface area contributed by atoms with Crippen LogP contribution in [0.15, 0.2) is 46.1 Å². The topological polar surface area (TPSA) is 114 Å². The number of carbonyl (C=O) groups excluding carboxylic acids is 1. The number of benzene rings is 1. The average Bonchev–Trinajstić information content (AvgIpc) is 2.74. The fourth-order valence-corrected chi connectivity index (χ4v) is 3.51. The minimum absolute atomic E-state index is 0.0117. The van der Waals surface area contributed by atoms with E-state index in [1.165, 1.54) is 9.47 Å². The highest BCUT2D eigenvalue weighted by Gasteiger charge is 2.26. The molecule has 3 rings (SSSR count). The molecule has 0 radical (unpaired) electrons. The molecule has 0 spiro atoms. The Kier molecular flexibility index (Phi) is 6.89. The fourth-order valence-electron chi connectivity index (χ4n) is 3.51. The number of aromatic nitrogens is 3. The van der Waals surface area contributed by atoms with E-state index in [0.29, 0.717) is 41.9 Å². The summed E-state index contributed by atoms with van der Waals surface area (Å²) in [6, 6.07) is 8.90. The zero-order valence-corrected chi connectivity index (χ0v) is 18.2. The molecule has 164 valence electrons. The maximum absolute atomic E-state index is 13.7. The highest BCUT2D eigenvalue weighted by Crippen LogP contribution is 2.24. The number of hydrogen-bond acceptors (Lipinski definition) is 5. The molecule has 0 aliphatic heterocycles. The number of hydrogen-bond donors (Lipinski definition) is 2. The van der Waals surface area contributed by atoms with Gasteiger partial charge in [0.1, 0.15) is 5.82 Å². The summed E-state index contributed by atoms with van der Waals surface area (Å²) in [6.07, 6.45) is 3.92. The van der Waals surface area contributed by atoms with E-state index in [2.05, 4.69) is 9.97 Å². The number of carbonyl (C=O) groups is 1. The smallest absolute Gasteiger partial charge is 0.330 e. The summed E-state index contributed by atoms with van der Waals surface area (Å²) in [6.45, 7) is 6.75. The first-order chi connectivity index (χ1) is 14.8. The van der Waals surface area contributed by atoms with Crippen LogP contribution in [-0.2, 0) is 6.54 Å². The van der Waals surface area contributed by atoms with Crippen LogP contribution in [0.25, 0.3) is 10.9 Å². The number of fused-ring (bicyclic) bond motifs is 1. The van der Waals surface area contributed by atoms with Gasteiger partial charge in [-0.2, -0.15) is 0 Å². The molecule has 8 nitrogen and oxygen atoms in total. The van der Waals surface area contributed by atoms with Gasteiger partial charge in [-0.05, 0) is 37.0 Å². The second kappa shape index (κ2) is 9.59. The Morgan fingerprint density at radius 3 is 2.71 bits per heavy atom. The quantitative estimate of drug-likeness (QED) is 0.578. The molecule has 0 fully saturated rings. The molecular formula is C23H29N5O3. The Bertz CT molecular complexity index is 1190. The number of pyridine rings is 1. The SMILES string of the molecule is CCCCn1c(N)c(N(CCC(C)C)C(=O)c2cccc3ncccc23)c(=O)[nH]c1=O. The Balaban J connectivity index is 2.17. The maximum Gasteiger partial charge on any atom is 0.330 e. The van der Waals surface area contributed by atoms with E-state index in [1.807, 2.05) is 32.9 Å². The van der Waals surface area contributed by atoms with Crippen molar-refractivity contribution in [1.82, 2.24) is 14.5 Å². The van der Waals surface area contributed by atoms with Crippen molar-refractivity contribution < 1.29 is 4.79 Å². The molecule has 1 amide bonds. The molecule has 1 aromatic carbocycles. The van der Waals surface area contributed by atoms with Gasteiger partial charge in [-0.15, -0.1) is 0 Å². The number of unbranched alkanes of at least 4 members (excludes halogenated alkanes) is 1. The molecule has 0 saturated carbocycles. The molecule has 3 N–H and O–H groups in total. The number of H-pyrrole nitrogens is 1. The number of rotatable bonds is 8. The summed E-state index contributed by atoms with van der Waals surface area (Å²) >= 11 is 0. The number of nitrogens with one attached hydrogen (secondary N) is 1. The highest BCUT2D eigenvalue weighted by molar-refractivity contribution is 6.14. The van der Waals surface area contributed by atoms with Gasteiger partial charge in [-0.1, -0.05) is 39.3 Å². The first-order valence-corrected chi connectivity index (χ1v) is 10.6. The third-order valence-corrected chi connectivity index (χ3v) is 5.27. The van der Waals surface area contributed by atoms with E-state index in [0.717, 1.165) is 12.8 Å². The van der Waals surface area contributed by atoms with Crippen molar-refractivity contribution in [3.63, 3.8) is 0 Å². The van der Waals surface area contributed by atoms with Gasteiger partial charge in [0.05, 0.1) is 5.52 Å². The molecule has 2 heterocycles. The first-order valence-electron chi connectivity index (χ1n) is 10.6. The summed E-state index contributed by atoms with van der Waals surface area (Å²) in [5.74, 6) is -0.0365. The second-order valence-corrected chi connectivity index (χ2v) is 8.01. The Morgan fingerprint density at radius 1 is 1.23 bits per heavy atom. The lowest BCUT2D eigenvalue weighted by Gasteiger charge is -2.26. The van der Waals surface area contributed by atoms with Gasteiger partial charge in [0.15, 0.2) is 5.69 Å². The molecular weight excluding hydrogens is 394 g/mol. The largest absolute Gasteiger partial charge is 0.383 e. The van der Waals surface area contributed by atoms with Crippen LogP contribution in [0.3, 0.4) is 0 Å². The molecule has 0 saturated heterocycles. The van der Waals surface area contributed by atoms with E-state index in [4.69, 9.17) is 5.73 Å². The lowest BCUT2D eigenvalue weighted by Crippen LogP contribution is -2.42. The van der Waals surface area contributed by atoms with Crippen LogP contribution in [0, 0.1) is 5.92 Å². The van der Waals surface area contributed by atoms with Gasteiger partial charge < -0.3 is 10.6 Å². The summed E-state index contributed by atoms with van der Waals surface area (Å²) in [4.78, 5) is 46.9. The van der Waals surface area contributed by atoms with E-state index >= 15 is 0 Å². The van der Waals surface area contributed by atoms with Crippen LogP contribution in [0.5, 0.6) is 0 Å². The standard InChI is InChI=1S/C23H29N5O3/c1-4-5-13-28-20(24)19(21(29)26-23(28)31)27(14-11-15(2)3)22(30)17-8-6-10-18-16(17)9-7-12-25-18/h6-10,12,15H,4-5,11,13-14,24H2,1-3H3,(H,26,29,31). The van der Waals surface area contributed by atoms with Crippen molar-refractivity contribution in [2.24, 2.45) is 5.92 Å². The van der Waals surface area contributed by atoms with Crippen LogP contribution < -0.4 is 21.9 Å². The van der Waals surface area contributed by atoms with Gasteiger partial charge in [-0.25, -0.2) is 4.79 Å². The first kappa shape index (κ1) is 22.3. The average molecular weight is 424 g/mol. The van der Waals surface area contributed by atoms with E-state index in [1.54, 1.807) is 24.4 Å². The van der Waals surface area contributed by atoms with Gasteiger partial charge in [0.2, 0.25) is 0 Å². The molecule has 8 heteroatoms. The Hall–Kier alpha value is -3.42. The van der Waals surface area contributed by atoms with Crippen molar-refractivity contribution in [3.05, 3.63) is 62.9 Å². The lowest BCUT2D eigenvalue weighted by molar-refractivity contribution is 0.0987. The predicted molar refractivity (Wildman–Crippen MR) is 124 cm³/mol. The number of aromatic amines is 1. The Labute approximate surface area is 180 Å². The van der Waals surface area contributed by atoms with Crippen molar-refractivity contribution in [1.29, 1.82) is 0 Å². The van der Waals surface area contributed by atoms with Crippen molar-refractivity contribution in [3.8, 4) is 0 Å². The summed E-state index contributed by atoms with van der Waals surface area (Å²) in [7, 11) is 0. The molecule has 3 aromatic rings. The van der Waals surface area contributed by atoms with Crippen molar-refractivity contribution in [2.45, 2.75) is 46.6 Å². The molecule has 31 heavy (non-hydrogen) atoms. The lowest BCUT2D eigenvalue weighted by atomic mass is 10.1. The third kappa shape index (κ3) is 4.68. The number of amides is 1. The third-order valence-electron chi connectivity index (χ3n) is 5.27. The number of nitrogens with zero attached hydrogens (tertiary/aromatic N) is 3. The molecule has 0 bridgehead atoms. The van der Waals surface area contributed by atoms with Gasteiger partial charge in [-0.3, -0.25) is 24.1 Å². The van der Waals surface area contributed by atoms with Crippen LogP contribution in [0.1, 0.15) is 50.4 Å². The van der Waals surface area contributed by atoms with Crippen molar-refractivity contribution >= 4 is 28.3 Å². The number of nitrogen functional groups attached to an aromatic ring is 1.